The highest BCUT2D eigenvalue weighted by Crippen LogP contribution is 2.40. The van der Waals surface area contributed by atoms with Gasteiger partial charge in [0.1, 0.15) is 5.75 Å². The Bertz CT molecular complexity index is 541. The van der Waals surface area contributed by atoms with Crippen molar-refractivity contribution in [2.75, 3.05) is 7.11 Å². The fourth-order valence-corrected chi connectivity index (χ4v) is 3.33. The summed E-state index contributed by atoms with van der Waals surface area (Å²) in [6.45, 7) is 7.81. The summed E-state index contributed by atoms with van der Waals surface area (Å²) in [6, 6.07) is 1.73. The number of rotatable bonds is 6. The number of benzene rings is 1. The van der Waals surface area contributed by atoms with Crippen LogP contribution in [0.15, 0.2) is 10.5 Å². The standard InChI is InChI=1S/C16H24BrNO3/c1-9-6-11(17)10(2)14(15(9)21-5)12(18)7-16(3,4)8-13(19)20/h6,12H,7-8,18H2,1-5H3,(H,19,20). The summed E-state index contributed by atoms with van der Waals surface area (Å²) < 4.78 is 6.50. The van der Waals surface area contributed by atoms with Crippen LogP contribution >= 0.6 is 15.9 Å². The lowest BCUT2D eigenvalue weighted by atomic mass is 9.80. The molecule has 1 rings (SSSR count). The number of carbonyl (C=O) groups is 1. The predicted octanol–water partition coefficient (Wildman–Crippen LogP) is 3.97. The highest BCUT2D eigenvalue weighted by atomic mass is 79.9. The number of hydrogen-bond donors (Lipinski definition) is 2. The van der Waals surface area contributed by atoms with Crippen LogP contribution in [-0.2, 0) is 4.79 Å². The van der Waals surface area contributed by atoms with Crippen molar-refractivity contribution in [2.45, 2.75) is 46.6 Å². The second-order valence-corrected chi connectivity index (χ2v) is 7.15. The molecule has 0 saturated heterocycles. The van der Waals surface area contributed by atoms with Crippen LogP contribution in [0.1, 0.15) is 49.4 Å². The molecule has 0 fully saturated rings. The van der Waals surface area contributed by atoms with E-state index in [4.69, 9.17) is 15.6 Å². The Kier molecular flexibility index (Phi) is 5.82. The summed E-state index contributed by atoms with van der Waals surface area (Å²) in [5.41, 5.74) is 9.00. The molecule has 1 aromatic carbocycles. The van der Waals surface area contributed by atoms with E-state index in [1.165, 1.54) is 0 Å². The van der Waals surface area contributed by atoms with Crippen molar-refractivity contribution in [1.82, 2.24) is 0 Å². The Hall–Kier alpha value is -1.07. The zero-order chi connectivity index (χ0) is 16.4. The van der Waals surface area contributed by atoms with Crippen molar-refractivity contribution in [3.05, 3.63) is 27.2 Å². The Morgan fingerprint density at radius 3 is 2.52 bits per heavy atom. The first-order chi connectivity index (χ1) is 9.59. The van der Waals surface area contributed by atoms with Gasteiger partial charge in [0.25, 0.3) is 0 Å². The maximum atomic E-state index is 11.0. The highest BCUT2D eigenvalue weighted by molar-refractivity contribution is 9.10. The van der Waals surface area contributed by atoms with Crippen molar-refractivity contribution in [2.24, 2.45) is 11.1 Å². The lowest BCUT2D eigenvalue weighted by Crippen LogP contribution is -2.25. The van der Waals surface area contributed by atoms with E-state index in [2.05, 4.69) is 15.9 Å². The second kappa shape index (κ2) is 6.79. The molecule has 21 heavy (non-hydrogen) atoms. The minimum absolute atomic E-state index is 0.0923. The monoisotopic (exact) mass is 357 g/mol. The van der Waals surface area contributed by atoms with Crippen LogP contribution in [0.2, 0.25) is 0 Å². The number of carboxylic acids is 1. The number of ether oxygens (including phenoxy) is 1. The van der Waals surface area contributed by atoms with Gasteiger partial charge in [-0.2, -0.15) is 0 Å². The summed E-state index contributed by atoms with van der Waals surface area (Å²) >= 11 is 3.54. The number of aryl methyl sites for hydroxylation is 1. The van der Waals surface area contributed by atoms with Crippen LogP contribution in [0.3, 0.4) is 0 Å². The molecule has 0 radical (unpaired) electrons. The van der Waals surface area contributed by atoms with E-state index >= 15 is 0 Å². The van der Waals surface area contributed by atoms with Gasteiger partial charge in [-0.15, -0.1) is 0 Å². The summed E-state index contributed by atoms with van der Waals surface area (Å²) in [5, 5.41) is 9.00. The first-order valence-corrected chi connectivity index (χ1v) is 7.69. The molecule has 0 aliphatic carbocycles. The maximum Gasteiger partial charge on any atom is 0.303 e. The zero-order valence-corrected chi connectivity index (χ0v) is 14.9. The third kappa shape index (κ3) is 4.45. The normalized spacial score (nSPS) is 13.1. The van der Waals surface area contributed by atoms with Crippen LogP contribution < -0.4 is 10.5 Å². The minimum atomic E-state index is -0.804. The van der Waals surface area contributed by atoms with Gasteiger partial charge in [0.15, 0.2) is 0 Å². The lowest BCUT2D eigenvalue weighted by molar-refractivity contribution is -0.139. The molecule has 1 unspecified atom stereocenters. The molecule has 0 aliphatic heterocycles. The van der Waals surface area contributed by atoms with Gasteiger partial charge in [0, 0.05) is 16.1 Å². The van der Waals surface area contributed by atoms with Gasteiger partial charge < -0.3 is 15.6 Å². The Balaban J connectivity index is 3.18. The Morgan fingerprint density at radius 1 is 1.48 bits per heavy atom. The molecule has 0 amide bonds. The molecule has 4 nitrogen and oxygen atoms in total. The Morgan fingerprint density at radius 2 is 2.05 bits per heavy atom. The van der Waals surface area contributed by atoms with E-state index in [1.54, 1.807) is 7.11 Å². The second-order valence-electron chi connectivity index (χ2n) is 6.29. The molecule has 0 heterocycles. The van der Waals surface area contributed by atoms with E-state index in [9.17, 15) is 4.79 Å². The van der Waals surface area contributed by atoms with Gasteiger partial charge in [-0.3, -0.25) is 4.79 Å². The van der Waals surface area contributed by atoms with E-state index in [0.29, 0.717) is 6.42 Å². The van der Waals surface area contributed by atoms with Gasteiger partial charge in [-0.1, -0.05) is 29.8 Å². The number of carboxylic acid groups (broad SMARTS) is 1. The molecule has 3 N–H and O–H groups in total. The van der Waals surface area contributed by atoms with Crippen LogP contribution in [0, 0.1) is 19.3 Å². The number of methoxy groups -OCH3 is 1. The zero-order valence-electron chi connectivity index (χ0n) is 13.3. The lowest BCUT2D eigenvalue weighted by Gasteiger charge is -2.29. The van der Waals surface area contributed by atoms with Crippen molar-refractivity contribution in [1.29, 1.82) is 0 Å². The van der Waals surface area contributed by atoms with Crippen molar-refractivity contribution in [3.63, 3.8) is 0 Å². The number of halogens is 1. The van der Waals surface area contributed by atoms with Crippen LogP contribution in [0.25, 0.3) is 0 Å². The highest BCUT2D eigenvalue weighted by Gasteiger charge is 2.28. The first-order valence-electron chi connectivity index (χ1n) is 6.90. The summed E-state index contributed by atoms with van der Waals surface area (Å²) in [5.74, 6) is -0.0179. The average molecular weight is 358 g/mol. The molecule has 1 aromatic rings. The molecular weight excluding hydrogens is 334 g/mol. The average Bonchev–Trinajstić information content (AvgIpc) is 2.30. The summed E-state index contributed by atoms with van der Waals surface area (Å²) in [7, 11) is 1.63. The quantitative estimate of drug-likeness (QED) is 0.807. The SMILES string of the molecule is COc1c(C)cc(Br)c(C)c1C(N)CC(C)(C)CC(=O)O. The van der Waals surface area contributed by atoms with Crippen molar-refractivity contribution >= 4 is 21.9 Å². The number of aliphatic carboxylic acids is 1. The molecule has 0 saturated carbocycles. The van der Waals surface area contributed by atoms with E-state index in [-0.39, 0.29) is 17.9 Å². The molecule has 0 aliphatic rings. The molecule has 1 atom stereocenters. The predicted molar refractivity (Wildman–Crippen MR) is 87.7 cm³/mol. The van der Waals surface area contributed by atoms with Gasteiger partial charge in [0.2, 0.25) is 0 Å². The molecule has 118 valence electrons. The summed E-state index contributed by atoms with van der Waals surface area (Å²) in [6.07, 6.45) is 0.668. The van der Waals surface area contributed by atoms with Crippen LogP contribution in [-0.4, -0.2) is 18.2 Å². The van der Waals surface area contributed by atoms with Gasteiger partial charge in [-0.05, 0) is 42.9 Å². The van der Waals surface area contributed by atoms with Crippen molar-refractivity contribution in [3.8, 4) is 5.75 Å². The fourth-order valence-electron chi connectivity index (χ4n) is 2.77. The minimum Gasteiger partial charge on any atom is -0.496 e. The third-order valence-corrected chi connectivity index (χ3v) is 4.51. The molecular formula is C16H24BrNO3. The largest absolute Gasteiger partial charge is 0.496 e. The van der Waals surface area contributed by atoms with Crippen LogP contribution in [0.4, 0.5) is 0 Å². The topological polar surface area (TPSA) is 72.5 Å². The number of hydrogen-bond acceptors (Lipinski definition) is 3. The molecule has 0 aromatic heterocycles. The van der Waals surface area contributed by atoms with Gasteiger partial charge >= 0.3 is 5.97 Å². The van der Waals surface area contributed by atoms with E-state index in [0.717, 1.165) is 26.9 Å². The maximum absolute atomic E-state index is 11.0. The first kappa shape index (κ1) is 18.0. The van der Waals surface area contributed by atoms with E-state index in [1.807, 2.05) is 33.8 Å². The smallest absolute Gasteiger partial charge is 0.303 e. The number of nitrogens with two attached hydrogens (primary N) is 1. The molecule has 0 spiro atoms. The Labute approximate surface area is 134 Å². The fraction of sp³-hybridized carbons (Fsp3) is 0.562. The van der Waals surface area contributed by atoms with E-state index < -0.39 is 5.97 Å². The molecule has 5 heteroatoms. The molecule has 0 bridgehead atoms. The summed E-state index contributed by atoms with van der Waals surface area (Å²) in [4.78, 5) is 11.0. The van der Waals surface area contributed by atoms with Gasteiger partial charge in [0.05, 0.1) is 13.5 Å². The van der Waals surface area contributed by atoms with Crippen LogP contribution in [0.5, 0.6) is 5.75 Å². The van der Waals surface area contributed by atoms with Gasteiger partial charge in [-0.25, -0.2) is 0 Å². The van der Waals surface area contributed by atoms with Crippen molar-refractivity contribution < 1.29 is 14.6 Å². The third-order valence-electron chi connectivity index (χ3n) is 3.69.